The van der Waals surface area contributed by atoms with Crippen molar-refractivity contribution in [2.45, 2.75) is 32.1 Å². The van der Waals surface area contributed by atoms with E-state index in [1.807, 2.05) is 27.6 Å². The predicted molar refractivity (Wildman–Crippen MR) is 110 cm³/mol. The van der Waals surface area contributed by atoms with E-state index in [1.54, 1.807) is 11.3 Å². The van der Waals surface area contributed by atoms with Crippen LogP contribution in [0.1, 0.15) is 29.7 Å². The Balaban J connectivity index is 1.28. The summed E-state index contributed by atoms with van der Waals surface area (Å²) >= 11 is 3.02. The molecule has 3 heterocycles. The van der Waals surface area contributed by atoms with Gasteiger partial charge in [0.1, 0.15) is 0 Å². The van der Waals surface area contributed by atoms with Gasteiger partial charge in [-0.15, -0.1) is 22.7 Å². The van der Waals surface area contributed by atoms with Gasteiger partial charge in [0.15, 0.2) is 10.1 Å². The van der Waals surface area contributed by atoms with E-state index in [4.69, 9.17) is 0 Å². The molecule has 1 aliphatic rings. The number of nitrogens with one attached hydrogen (secondary N) is 1. The van der Waals surface area contributed by atoms with E-state index in [0.29, 0.717) is 5.13 Å². The van der Waals surface area contributed by atoms with Crippen LogP contribution in [0.2, 0.25) is 0 Å². The second-order valence-corrected chi connectivity index (χ2v) is 8.51. The number of thiazole rings is 2. The molecule has 0 spiro atoms. The molecule has 5 nitrogen and oxygen atoms in total. The normalized spacial score (nSPS) is 13.6. The third kappa shape index (κ3) is 3.40. The number of hydrogen-bond donors (Lipinski definition) is 1. The molecule has 27 heavy (non-hydrogen) atoms. The van der Waals surface area contributed by atoms with Gasteiger partial charge in [0.25, 0.3) is 0 Å². The third-order valence-electron chi connectivity index (χ3n) is 4.88. The van der Waals surface area contributed by atoms with Crippen LogP contribution >= 0.6 is 22.7 Å². The number of hydrogen-bond acceptors (Lipinski definition) is 5. The summed E-state index contributed by atoms with van der Waals surface area (Å²) in [5.41, 5.74) is 5.73. The lowest BCUT2D eigenvalue weighted by Gasteiger charge is -2.16. The van der Waals surface area contributed by atoms with Gasteiger partial charge in [-0.25, -0.2) is 9.97 Å². The highest BCUT2D eigenvalue weighted by Crippen LogP contribution is 2.29. The fraction of sp³-hybridized carbons (Fsp3) is 0.250. The number of benzene rings is 1. The van der Waals surface area contributed by atoms with Crippen LogP contribution < -0.4 is 5.32 Å². The maximum Gasteiger partial charge on any atom is 0.232 e. The molecule has 0 unspecified atom stereocenters. The lowest BCUT2D eigenvalue weighted by Crippen LogP contribution is -2.14. The van der Waals surface area contributed by atoms with Crippen LogP contribution in [0.15, 0.2) is 41.4 Å². The summed E-state index contributed by atoms with van der Waals surface area (Å²) in [7, 11) is 0. The van der Waals surface area contributed by atoms with Crippen molar-refractivity contribution in [1.82, 2.24) is 14.4 Å². The SMILES string of the molecule is O=C(Cc1cn2ccsc2n1)Nc1nc(-c2ccc3c(c2)CCCC3)cs1. The minimum Gasteiger partial charge on any atom is -0.302 e. The topological polar surface area (TPSA) is 59.3 Å². The number of carbonyl (C=O) groups excluding carboxylic acids is 1. The van der Waals surface area contributed by atoms with Crippen LogP contribution in [0.5, 0.6) is 0 Å². The van der Waals surface area contributed by atoms with Gasteiger partial charge in [0.2, 0.25) is 5.91 Å². The molecule has 1 amide bonds. The van der Waals surface area contributed by atoms with Gasteiger partial charge in [-0.05, 0) is 42.9 Å². The zero-order chi connectivity index (χ0) is 18.2. The van der Waals surface area contributed by atoms with Crippen LogP contribution in [-0.2, 0) is 24.1 Å². The molecule has 136 valence electrons. The summed E-state index contributed by atoms with van der Waals surface area (Å²) in [6.07, 6.45) is 8.97. The number of nitrogens with zero attached hydrogens (tertiary/aromatic N) is 3. The first-order chi connectivity index (χ1) is 13.2. The van der Waals surface area contributed by atoms with Gasteiger partial charge in [-0.1, -0.05) is 12.1 Å². The minimum atomic E-state index is -0.0907. The molecule has 0 saturated heterocycles. The summed E-state index contributed by atoms with van der Waals surface area (Å²) in [6, 6.07) is 6.63. The summed E-state index contributed by atoms with van der Waals surface area (Å²) in [5.74, 6) is -0.0907. The molecule has 7 heteroatoms. The van der Waals surface area contributed by atoms with E-state index in [1.165, 1.54) is 41.7 Å². The number of fused-ring (bicyclic) bond motifs is 2. The maximum absolute atomic E-state index is 12.3. The van der Waals surface area contributed by atoms with Crippen LogP contribution in [0, 0.1) is 0 Å². The predicted octanol–water partition coefficient (Wildman–Crippen LogP) is 4.58. The number of imidazole rings is 1. The Morgan fingerprint density at radius 3 is 2.93 bits per heavy atom. The Hall–Kier alpha value is -2.51. The second-order valence-electron chi connectivity index (χ2n) is 6.78. The van der Waals surface area contributed by atoms with Crippen molar-refractivity contribution in [3.8, 4) is 11.3 Å². The Morgan fingerprint density at radius 1 is 1.15 bits per heavy atom. The summed E-state index contributed by atoms with van der Waals surface area (Å²) in [6.45, 7) is 0. The Morgan fingerprint density at radius 2 is 2.04 bits per heavy atom. The molecular formula is C20H18N4OS2. The van der Waals surface area contributed by atoms with E-state index in [2.05, 4.69) is 33.5 Å². The monoisotopic (exact) mass is 394 g/mol. The van der Waals surface area contributed by atoms with E-state index in [0.717, 1.165) is 28.3 Å². The highest BCUT2D eigenvalue weighted by molar-refractivity contribution is 7.15. The minimum absolute atomic E-state index is 0.0907. The summed E-state index contributed by atoms with van der Waals surface area (Å²) in [4.78, 5) is 22.3. The van der Waals surface area contributed by atoms with Crippen molar-refractivity contribution in [2.24, 2.45) is 0 Å². The average Bonchev–Trinajstić information content (AvgIpc) is 3.38. The van der Waals surface area contributed by atoms with Crippen LogP contribution in [0.25, 0.3) is 16.2 Å². The van der Waals surface area contributed by atoms with Crippen molar-refractivity contribution < 1.29 is 4.79 Å². The largest absolute Gasteiger partial charge is 0.302 e. The molecule has 0 bridgehead atoms. The fourth-order valence-electron chi connectivity index (χ4n) is 3.55. The number of aryl methyl sites for hydroxylation is 2. The molecule has 0 fully saturated rings. The molecule has 0 aliphatic heterocycles. The lowest BCUT2D eigenvalue weighted by atomic mass is 9.90. The number of amides is 1. The average molecular weight is 395 g/mol. The molecule has 3 aromatic heterocycles. The fourth-order valence-corrected chi connectivity index (χ4v) is 5.00. The van der Waals surface area contributed by atoms with Gasteiger partial charge in [-0.3, -0.25) is 9.20 Å². The van der Waals surface area contributed by atoms with Crippen molar-refractivity contribution >= 4 is 38.7 Å². The van der Waals surface area contributed by atoms with Crippen molar-refractivity contribution in [2.75, 3.05) is 5.32 Å². The molecule has 1 aromatic carbocycles. The van der Waals surface area contributed by atoms with Gasteiger partial charge >= 0.3 is 0 Å². The Labute approximate surface area is 164 Å². The smallest absolute Gasteiger partial charge is 0.232 e. The highest BCUT2D eigenvalue weighted by atomic mass is 32.1. The number of carbonyl (C=O) groups is 1. The number of aromatic nitrogens is 3. The molecular weight excluding hydrogens is 376 g/mol. The first kappa shape index (κ1) is 16.6. The van der Waals surface area contributed by atoms with Crippen molar-refractivity contribution in [3.63, 3.8) is 0 Å². The van der Waals surface area contributed by atoms with Gasteiger partial charge < -0.3 is 5.32 Å². The second kappa shape index (κ2) is 6.90. The summed E-state index contributed by atoms with van der Waals surface area (Å²) in [5, 5.41) is 7.52. The van der Waals surface area contributed by atoms with Crippen molar-refractivity contribution in [3.05, 3.63) is 58.2 Å². The number of rotatable bonds is 4. The van der Waals surface area contributed by atoms with E-state index in [9.17, 15) is 4.79 Å². The molecule has 1 aliphatic carbocycles. The molecule has 5 rings (SSSR count). The highest BCUT2D eigenvalue weighted by Gasteiger charge is 2.14. The summed E-state index contributed by atoms with van der Waals surface area (Å²) < 4.78 is 1.94. The first-order valence-electron chi connectivity index (χ1n) is 9.03. The van der Waals surface area contributed by atoms with Gasteiger partial charge in [0.05, 0.1) is 17.8 Å². The molecule has 1 N–H and O–H groups in total. The van der Waals surface area contributed by atoms with E-state index >= 15 is 0 Å². The zero-order valence-corrected chi connectivity index (χ0v) is 16.3. The third-order valence-corrected chi connectivity index (χ3v) is 6.41. The zero-order valence-electron chi connectivity index (χ0n) is 14.6. The molecule has 0 saturated carbocycles. The van der Waals surface area contributed by atoms with Gasteiger partial charge in [-0.2, -0.15) is 0 Å². The molecule has 0 atom stereocenters. The van der Waals surface area contributed by atoms with Crippen molar-refractivity contribution in [1.29, 1.82) is 0 Å². The van der Waals surface area contributed by atoms with Crippen LogP contribution in [0.4, 0.5) is 5.13 Å². The number of anilines is 1. The van der Waals surface area contributed by atoms with Gasteiger partial charge in [0, 0.05) is 28.7 Å². The van der Waals surface area contributed by atoms with E-state index < -0.39 is 0 Å². The van der Waals surface area contributed by atoms with Crippen LogP contribution in [-0.4, -0.2) is 20.3 Å². The quantitative estimate of drug-likeness (QED) is 0.551. The molecule has 0 radical (unpaired) electrons. The standard InChI is InChI=1S/C20H18N4OS2/c25-18(10-16-11-24-7-8-26-20(24)21-16)23-19-22-17(12-27-19)15-6-5-13-3-1-2-4-14(13)9-15/h5-9,11-12H,1-4,10H2,(H,22,23,25). The first-order valence-corrected chi connectivity index (χ1v) is 10.8. The lowest BCUT2D eigenvalue weighted by molar-refractivity contribution is -0.115. The Bertz CT molecular complexity index is 1100. The van der Waals surface area contributed by atoms with E-state index in [-0.39, 0.29) is 12.3 Å². The molecule has 4 aromatic rings. The maximum atomic E-state index is 12.3. The Kier molecular flexibility index (Phi) is 4.26. The van der Waals surface area contributed by atoms with Crippen LogP contribution in [0.3, 0.4) is 0 Å².